The molecule has 4 rings (SSSR count). The standard InChI is InChI=1S/C18H13F2N7O2/c1-10(13-4-2-11(19)6-21-13)24-18-15(27(28)29)8-23-17(25-18)14-7-22-16-5-3-12(20)9-26(14)16/h2-10H,1H3,(H,23,24,25)/t10-/m0/s1. The summed E-state index contributed by atoms with van der Waals surface area (Å²) in [7, 11) is 0. The van der Waals surface area contributed by atoms with Crippen LogP contribution in [0.5, 0.6) is 0 Å². The highest BCUT2D eigenvalue weighted by atomic mass is 19.1. The highest BCUT2D eigenvalue weighted by Gasteiger charge is 2.21. The van der Waals surface area contributed by atoms with Crippen molar-refractivity contribution in [1.82, 2.24) is 24.3 Å². The van der Waals surface area contributed by atoms with Crippen molar-refractivity contribution in [2.75, 3.05) is 5.32 Å². The van der Waals surface area contributed by atoms with Gasteiger partial charge in [-0.15, -0.1) is 0 Å². The Morgan fingerprint density at radius 1 is 1.07 bits per heavy atom. The molecule has 1 atom stereocenters. The quantitative estimate of drug-likeness (QED) is 0.405. The molecule has 0 fully saturated rings. The Labute approximate surface area is 162 Å². The number of rotatable bonds is 5. The van der Waals surface area contributed by atoms with Crippen molar-refractivity contribution in [1.29, 1.82) is 0 Å². The monoisotopic (exact) mass is 397 g/mol. The third-order valence-electron chi connectivity index (χ3n) is 4.21. The van der Waals surface area contributed by atoms with Crippen molar-refractivity contribution in [3.63, 3.8) is 0 Å². The van der Waals surface area contributed by atoms with E-state index in [1.54, 1.807) is 6.92 Å². The number of nitrogens with one attached hydrogen (secondary N) is 1. The van der Waals surface area contributed by atoms with Crippen molar-refractivity contribution < 1.29 is 13.7 Å². The van der Waals surface area contributed by atoms with Crippen LogP contribution in [0, 0.1) is 21.7 Å². The van der Waals surface area contributed by atoms with Gasteiger partial charge in [0.05, 0.1) is 29.1 Å². The Bertz CT molecular complexity index is 1210. The molecule has 0 unspecified atom stereocenters. The Kier molecular flexibility index (Phi) is 4.55. The number of hydrogen-bond acceptors (Lipinski definition) is 7. The fourth-order valence-corrected chi connectivity index (χ4v) is 2.78. The van der Waals surface area contributed by atoms with E-state index >= 15 is 0 Å². The number of fused-ring (bicyclic) bond motifs is 1. The van der Waals surface area contributed by atoms with E-state index < -0.39 is 22.6 Å². The van der Waals surface area contributed by atoms with Crippen LogP contribution in [0.4, 0.5) is 20.3 Å². The van der Waals surface area contributed by atoms with Gasteiger partial charge in [-0.3, -0.25) is 19.5 Å². The van der Waals surface area contributed by atoms with Gasteiger partial charge in [0.1, 0.15) is 29.2 Å². The summed E-state index contributed by atoms with van der Waals surface area (Å²) in [5.41, 5.74) is 0.965. The summed E-state index contributed by atoms with van der Waals surface area (Å²) in [5.74, 6) is -0.899. The first-order valence-corrected chi connectivity index (χ1v) is 8.45. The van der Waals surface area contributed by atoms with Crippen LogP contribution in [0.1, 0.15) is 18.7 Å². The summed E-state index contributed by atoms with van der Waals surface area (Å²) in [6.07, 6.45) is 4.79. The van der Waals surface area contributed by atoms with Gasteiger partial charge in [0.15, 0.2) is 5.82 Å². The van der Waals surface area contributed by atoms with Crippen LogP contribution in [-0.4, -0.2) is 29.3 Å². The number of hydrogen-bond donors (Lipinski definition) is 1. The summed E-state index contributed by atoms with van der Waals surface area (Å²) >= 11 is 0. The molecule has 0 aliphatic carbocycles. The summed E-state index contributed by atoms with van der Waals surface area (Å²) in [4.78, 5) is 27.2. The van der Waals surface area contributed by atoms with E-state index in [1.165, 1.54) is 41.1 Å². The van der Waals surface area contributed by atoms with E-state index in [2.05, 4.69) is 25.3 Å². The zero-order chi connectivity index (χ0) is 20.5. The van der Waals surface area contributed by atoms with Gasteiger partial charge in [-0.05, 0) is 31.2 Å². The lowest BCUT2D eigenvalue weighted by Gasteiger charge is -2.14. The molecule has 11 heteroatoms. The number of pyridine rings is 2. The molecule has 0 saturated heterocycles. The van der Waals surface area contributed by atoms with E-state index in [-0.39, 0.29) is 17.3 Å². The molecule has 0 amide bonds. The third kappa shape index (κ3) is 3.57. The molecule has 0 aromatic carbocycles. The number of nitrogens with zero attached hydrogens (tertiary/aromatic N) is 6. The SMILES string of the molecule is C[C@H](Nc1nc(-c2cnc3ccc(F)cn23)ncc1[N+](=O)[O-])c1ccc(F)cn1. The third-order valence-corrected chi connectivity index (χ3v) is 4.21. The van der Waals surface area contributed by atoms with Gasteiger partial charge < -0.3 is 5.32 Å². The first kappa shape index (κ1) is 18.3. The van der Waals surface area contributed by atoms with Crippen LogP contribution in [-0.2, 0) is 0 Å². The molecule has 4 heterocycles. The number of aromatic nitrogens is 5. The van der Waals surface area contributed by atoms with Gasteiger partial charge >= 0.3 is 5.69 Å². The topological polar surface area (TPSA) is 111 Å². The van der Waals surface area contributed by atoms with Gasteiger partial charge in [-0.2, -0.15) is 0 Å². The van der Waals surface area contributed by atoms with E-state index in [1.807, 2.05) is 0 Å². The predicted octanol–water partition coefficient (Wildman–Crippen LogP) is 3.55. The van der Waals surface area contributed by atoms with Crippen LogP contribution in [0.25, 0.3) is 17.2 Å². The molecule has 9 nitrogen and oxygen atoms in total. The van der Waals surface area contributed by atoms with Crippen molar-refractivity contribution in [3.05, 3.63) is 76.5 Å². The zero-order valence-corrected chi connectivity index (χ0v) is 15.0. The van der Waals surface area contributed by atoms with Crippen molar-refractivity contribution >= 4 is 17.2 Å². The highest BCUT2D eigenvalue weighted by molar-refractivity contribution is 5.63. The molecular weight excluding hydrogens is 384 g/mol. The lowest BCUT2D eigenvalue weighted by molar-refractivity contribution is -0.384. The molecule has 146 valence electrons. The second-order valence-corrected chi connectivity index (χ2v) is 6.17. The predicted molar refractivity (Wildman–Crippen MR) is 99.1 cm³/mol. The fraction of sp³-hybridized carbons (Fsp3) is 0.111. The van der Waals surface area contributed by atoms with Crippen LogP contribution >= 0.6 is 0 Å². The maximum atomic E-state index is 13.6. The first-order chi connectivity index (χ1) is 13.9. The number of halogens is 2. The Balaban J connectivity index is 1.75. The minimum absolute atomic E-state index is 0.0509. The van der Waals surface area contributed by atoms with Crippen LogP contribution in [0.15, 0.2) is 49.1 Å². The lowest BCUT2D eigenvalue weighted by Crippen LogP contribution is -2.12. The van der Waals surface area contributed by atoms with E-state index in [0.717, 1.165) is 12.4 Å². The zero-order valence-electron chi connectivity index (χ0n) is 15.0. The average Bonchev–Trinajstić information content (AvgIpc) is 3.11. The van der Waals surface area contributed by atoms with Crippen molar-refractivity contribution in [3.8, 4) is 11.5 Å². The maximum absolute atomic E-state index is 13.6. The molecule has 0 saturated carbocycles. The van der Waals surface area contributed by atoms with Gasteiger partial charge in [0.25, 0.3) is 0 Å². The highest BCUT2D eigenvalue weighted by Crippen LogP contribution is 2.28. The molecule has 0 bridgehead atoms. The first-order valence-electron chi connectivity index (χ1n) is 8.45. The molecule has 4 aromatic rings. The minimum atomic E-state index is -0.620. The fourth-order valence-electron chi connectivity index (χ4n) is 2.78. The average molecular weight is 397 g/mol. The summed E-state index contributed by atoms with van der Waals surface area (Å²) < 4.78 is 28.2. The molecule has 0 aliphatic heterocycles. The van der Waals surface area contributed by atoms with Crippen molar-refractivity contribution in [2.24, 2.45) is 0 Å². The molecule has 4 aromatic heterocycles. The summed E-state index contributed by atoms with van der Waals surface area (Å²) in [6, 6.07) is 4.97. The largest absolute Gasteiger partial charge is 0.356 e. The lowest BCUT2D eigenvalue weighted by atomic mass is 10.2. The van der Waals surface area contributed by atoms with Gasteiger partial charge in [0, 0.05) is 6.20 Å². The normalized spacial score (nSPS) is 12.1. The maximum Gasteiger partial charge on any atom is 0.329 e. The molecular formula is C18H13F2N7O2. The summed E-state index contributed by atoms with van der Waals surface area (Å²) in [6.45, 7) is 1.70. The Morgan fingerprint density at radius 3 is 2.59 bits per heavy atom. The molecule has 29 heavy (non-hydrogen) atoms. The second-order valence-electron chi connectivity index (χ2n) is 6.17. The second kappa shape index (κ2) is 7.19. The number of anilines is 1. The Morgan fingerprint density at radius 2 is 1.86 bits per heavy atom. The minimum Gasteiger partial charge on any atom is -0.356 e. The number of nitro groups is 1. The molecule has 1 N–H and O–H groups in total. The molecule has 0 radical (unpaired) electrons. The van der Waals surface area contributed by atoms with Gasteiger partial charge in [0.2, 0.25) is 5.82 Å². The van der Waals surface area contributed by atoms with E-state index in [4.69, 9.17) is 0 Å². The van der Waals surface area contributed by atoms with E-state index in [9.17, 15) is 18.9 Å². The van der Waals surface area contributed by atoms with E-state index in [0.29, 0.717) is 17.0 Å². The number of imidazole rings is 1. The smallest absolute Gasteiger partial charge is 0.329 e. The van der Waals surface area contributed by atoms with Gasteiger partial charge in [-0.1, -0.05) is 0 Å². The van der Waals surface area contributed by atoms with Crippen molar-refractivity contribution in [2.45, 2.75) is 13.0 Å². The van der Waals surface area contributed by atoms with Crippen LogP contribution in [0.2, 0.25) is 0 Å². The van der Waals surface area contributed by atoms with Crippen LogP contribution in [0.3, 0.4) is 0 Å². The summed E-state index contributed by atoms with van der Waals surface area (Å²) in [5, 5.41) is 14.3. The Hall–Kier alpha value is -4.02. The molecule has 0 spiro atoms. The van der Waals surface area contributed by atoms with Crippen LogP contribution < -0.4 is 5.32 Å². The van der Waals surface area contributed by atoms with Gasteiger partial charge in [-0.25, -0.2) is 23.7 Å². The molecule has 0 aliphatic rings.